The molecule has 1 unspecified atom stereocenters. The Morgan fingerprint density at radius 1 is 1.50 bits per heavy atom. The van der Waals surface area contributed by atoms with Crippen LogP contribution in [0.5, 0.6) is 5.75 Å². The summed E-state index contributed by atoms with van der Waals surface area (Å²) in [6, 6.07) is 5.17. The number of benzene rings is 1. The molecule has 3 nitrogen and oxygen atoms in total. The first-order valence-corrected chi connectivity index (χ1v) is 4.74. The lowest BCUT2D eigenvalue weighted by molar-refractivity contribution is 0.177. The minimum atomic E-state index is -0.637. The molecule has 0 aliphatic rings. The van der Waals surface area contributed by atoms with Crippen molar-refractivity contribution in [3.8, 4) is 5.75 Å². The van der Waals surface area contributed by atoms with E-state index in [1.54, 1.807) is 25.1 Å². The van der Waals surface area contributed by atoms with E-state index in [-0.39, 0.29) is 13.2 Å². The van der Waals surface area contributed by atoms with Gasteiger partial charge in [0.15, 0.2) is 0 Å². The van der Waals surface area contributed by atoms with Gasteiger partial charge in [0.1, 0.15) is 12.4 Å². The highest BCUT2D eigenvalue weighted by molar-refractivity contribution is 6.32. The maximum absolute atomic E-state index is 9.43. The van der Waals surface area contributed by atoms with Crippen LogP contribution in [0.4, 0.5) is 0 Å². The lowest BCUT2D eigenvalue weighted by atomic mass is 10.1. The van der Waals surface area contributed by atoms with Crippen molar-refractivity contribution in [3.05, 3.63) is 28.8 Å². The fraction of sp³-hybridized carbons (Fsp3) is 0.400. The lowest BCUT2D eigenvalue weighted by Gasteiger charge is -2.13. The number of aliphatic hydroxyl groups excluding tert-OH is 2. The number of hydrogen-bond donors (Lipinski definition) is 2. The van der Waals surface area contributed by atoms with Gasteiger partial charge in [-0.3, -0.25) is 0 Å². The molecule has 0 bridgehead atoms. The van der Waals surface area contributed by atoms with Gasteiger partial charge >= 0.3 is 0 Å². The number of rotatable bonds is 4. The quantitative estimate of drug-likeness (QED) is 0.807. The molecule has 1 rings (SSSR count). The fourth-order valence-corrected chi connectivity index (χ4v) is 1.39. The highest BCUT2D eigenvalue weighted by Gasteiger charge is 2.11. The standard InChI is InChI=1S/C10H13ClO3/c1-7(13)8-3-2-4-9(11)10(8)14-6-5-12/h2-4,7,12-13H,5-6H2,1H3. The molecule has 0 heterocycles. The SMILES string of the molecule is CC(O)c1cccc(Cl)c1OCCO. The van der Waals surface area contributed by atoms with Crippen molar-refractivity contribution in [2.75, 3.05) is 13.2 Å². The predicted octanol–water partition coefficient (Wildman–Crippen LogP) is 1.76. The zero-order valence-corrected chi connectivity index (χ0v) is 8.66. The molecule has 0 spiro atoms. The molecule has 0 aromatic heterocycles. The normalized spacial score (nSPS) is 12.6. The van der Waals surface area contributed by atoms with Crippen LogP contribution >= 0.6 is 11.6 Å². The maximum Gasteiger partial charge on any atom is 0.143 e. The minimum absolute atomic E-state index is 0.0789. The van der Waals surface area contributed by atoms with Crippen LogP contribution in [0.25, 0.3) is 0 Å². The monoisotopic (exact) mass is 216 g/mol. The van der Waals surface area contributed by atoms with Crippen LogP contribution in [-0.4, -0.2) is 23.4 Å². The summed E-state index contributed by atoms with van der Waals surface area (Å²) < 4.78 is 5.24. The molecule has 2 N–H and O–H groups in total. The van der Waals surface area contributed by atoms with E-state index in [9.17, 15) is 5.11 Å². The summed E-state index contributed by atoms with van der Waals surface area (Å²) in [5.41, 5.74) is 0.631. The van der Waals surface area contributed by atoms with Gasteiger partial charge in [0.25, 0.3) is 0 Å². The van der Waals surface area contributed by atoms with Crippen LogP contribution in [0, 0.1) is 0 Å². The summed E-state index contributed by atoms with van der Waals surface area (Å²) in [4.78, 5) is 0. The molecule has 0 amide bonds. The molecule has 14 heavy (non-hydrogen) atoms. The van der Waals surface area contributed by atoms with Crippen molar-refractivity contribution in [1.82, 2.24) is 0 Å². The Morgan fingerprint density at radius 2 is 2.21 bits per heavy atom. The van der Waals surface area contributed by atoms with Crippen molar-refractivity contribution >= 4 is 11.6 Å². The topological polar surface area (TPSA) is 49.7 Å². The highest BCUT2D eigenvalue weighted by Crippen LogP contribution is 2.32. The van der Waals surface area contributed by atoms with Crippen LogP contribution in [0.2, 0.25) is 5.02 Å². The molecular formula is C10H13ClO3. The number of para-hydroxylation sites is 1. The Kier molecular flexibility index (Phi) is 4.20. The van der Waals surface area contributed by atoms with E-state index >= 15 is 0 Å². The van der Waals surface area contributed by atoms with Crippen LogP contribution in [0.1, 0.15) is 18.6 Å². The van der Waals surface area contributed by atoms with E-state index in [1.807, 2.05) is 0 Å². The average Bonchev–Trinajstić information content (AvgIpc) is 2.15. The van der Waals surface area contributed by atoms with E-state index in [2.05, 4.69) is 0 Å². The molecule has 0 saturated carbocycles. The summed E-state index contributed by atoms with van der Waals surface area (Å²) in [5.74, 6) is 0.443. The largest absolute Gasteiger partial charge is 0.489 e. The predicted molar refractivity (Wildman–Crippen MR) is 54.7 cm³/mol. The van der Waals surface area contributed by atoms with Gasteiger partial charge < -0.3 is 14.9 Å². The number of ether oxygens (including phenoxy) is 1. The Labute approximate surface area is 87.9 Å². The molecule has 1 aromatic rings. The van der Waals surface area contributed by atoms with E-state index < -0.39 is 6.10 Å². The fourth-order valence-electron chi connectivity index (χ4n) is 1.15. The van der Waals surface area contributed by atoms with Crippen molar-refractivity contribution in [3.63, 3.8) is 0 Å². The molecule has 0 fully saturated rings. The van der Waals surface area contributed by atoms with Gasteiger partial charge in [-0.2, -0.15) is 0 Å². The molecule has 0 saturated heterocycles. The third-order valence-corrected chi connectivity index (χ3v) is 2.08. The van der Waals surface area contributed by atoms with Crippen molar-refractivity contribution < 1.29 is 14.9 Å². The molecular weight excluding hydrogens is 204 g/mol. The van der Waals surface area contributed by atoms with E-state index in [4.69, 9.17) is 21.4 Å². The second-order valence-corrected chi connectivity index (χ2v) is 3.31. The van der Waals surface area contributed by atoms with E-state index in [0.717, 1.165) is 0 Å². The first kappa shape index (κ1) is 11.3. The molecule has 1 aromatic carbocycles. The van der Waals surface area contributed by atoms with Gasteiger partial charge in [-0.25, -0.2) is 0 Å². The first-order valence-electron chi connectivity index (χ1n) is 4.37. The average molecular weight is 217 g/mol. The van der Waals surface area contributed by atoms with Gasteiger partial charge in [-0.1, -0.05) is 23.7 Å². The van der Waals surface area contributed by atoms with Gasteiger partial charge in [0, 0.05) is 5.56 Å². The number of halogens is 1. The van der Waals surface area contributed by atoms with Gasteiger partial charge in [-0.15, -0.1) is 0 Å². The summed E-state index contributed by atoms with van der Waals surface area (Å²) in [7, 11) is 0. The third kappa shape index (κ3) is 2.61. The van der Waals surface area contributed by atoms with Gasteiger partial charge in [0.2, 0.25) is 0 Å². The molecule has 0 radical (unpaired) electrons. The summed E-state index contributed by atoms with van der Waals surface area (Å²) in [6.07, 6.45) is -0.637. The van der Waals surface area contributed by atoms with Crippen molar-refractivity contribution in [1.29, 1.82) is 0 Å². The zero-order valence-electron chi connectivity index (χ0n) is 7.90. The van der Waals surface area contributed by atoms with Crippen LogP contribution in [-0.2, 0) is 0 Å². The molecule has 78 valence electrons. The van der Waals surface area contributed by atoms with Crippen molar-refractivity contribution in [2.24, 2.45) is 0 Å². The van der Waals surface area contributed by atoms with Crippen LogP contribution in [0.3, 0.4) is 0 Å². The highest BCUT2D eigenvalue weighted by atomic mass is 35.5. The number of aliphatic hydroxyl groups is 2. The first-order chi connectivity index (χ1) is 6.66. The second kappa shape index (κ2) is 5.20. The molecule has 4 heteroatoms. The molecule has 0 aliphatic heterocycles. The molecule has 1 atom stereocenters. The second-order valence-electron chi connectivity index (χ2n) is 2.91. The van der Waals surface area contributed by atoms with Gasteiger partial charge in [0.05, 0.1) is 17.7 Å². The Hall–Kier alpha value is -0.770. The number of hydrogen-bond acceptors (Lipinski definition) is 3. The maximum atomic E-state index is 9.43. The van der Waals surface area contributed by atoms with E-state index in [0.29, 0.717) is 16.3 Å². The van der Waals surface area contributed by atoms with Gasteiger partial charge in [-0.05, 0) is 13.0 Å². The summed E-state index contributed by atoms with van der Waals surface area (Å²) in [6.45, 7) is 1.73. The van der Waals surface area contributed by atoms with Crippen LogP contribution in [0.15, 0.2) is 18.2 Å². The summed E-state index contributed by atoms with van der Waals surface area (Å²) in [5, 5.41) is 18.5. The lowest BCUT2D eigenvalue weighted by Crippen LogP contribution is -2.05. The Bertz CT molecular complexity index is 299. The van der Waals surface area contributed by atoms with Crippen LogP contribution < -0.4 is 4.74 Å². The smallest absolute Gasteiger partial charge is 0.143 e. The third-order valence-electron chi connectivity index (χ3n) is 1.79. The molecule has 0 aliphatic carbocycles. The van der Waals surface area contributed by atoms with E-state index in [1.165, 1.54) is 0 Å². The minimum Gasteiger partial charge on any atom is -0.489 e. The van der Waals surface area contributed by atoms with Crippen molar-refractivity contribution in [2.45, 2.75) is 13.0 Å². The summed E-state index contributed by atoms with van der Waals surface area (Å²) >= 11 is 5.89. The Balaban J connectivity index is 2.96. The Morgan fingerprint density at radius 3 is 2.79 bits per heavy atom. The zero-order chi connectivity index (χ0) is 10.6.